The van der Waals surface area contributed by atoms with Gasteiger partial charge in [-0.25, -0.2) is 4.79 Å². The summed E-state index contributed by atoms with van der Waals surface area (Å²) in [5.74, 6) is -0.904. The van der Waals surface area contributed by atoms with Gasteiger partial charge in [-0.05, 0) is 13.3 Å². The first-order chi connectivity index (χ1) is 9.51. The summed E-state index contributed by atoms with van der Waals surface area (Å²) in [7, 11) is 0. The number of ether oxygens (including phenoxy) is 1. The molecule has 1 aliphatic heterocycles. The van der Waals surface area contributed by atoms with E-state index in [4.69, 9.17) is 9.84 Å². The van der Waals surface area contributed by atoms with Gasteiger partial charge >= 0.3 is 12.0 Å². The van der Waals surface area contributed by atoms with Crippen molar-refractivity contribution < 1.29 is 19.4 Å². The zero-order chi connectivity index (χ0) is 15.0. The number of carbonyl (C=O) groups excluding carboxylic acids is 1. The maximum Gasteiger partial charge on any atom is 0.315 e. The quantitative estimate of drug-likeness (QED) is 0.625. The van der Waals surface area contributed by atoms with E-state index in [9.17, 15) is 9.59 Å². The number of carboxylic acids is 1. The van der Waals surface area contributed by atoms with E-state index in [0.29, 0.717) is 6.42 Å². The molecule has 0 aromatic heterocycles. The first kappa shape index (κ1) is 16.7. The molecule has 2 amide bonds. The molecule has 116 valence electrons. The van der Waals surface area contributed by atoms with Crippen molar-refractivity contribution in [3.05, 3.63) is 0 Å². The lowest BCUT2D eigenvalue weighted by Crippen LogP contribution is -2.50. The number of aliphatic carboxylic acids is 1. The first-order valence-corrected chi connectivity index (χ1v) is 7.10. The summed E-state index contributed by atoms with van der Waals surface area (Å²) in [6.07, 6.45) is 0.541. The number of rotatable bonds is 7. The first-order valence-electron chi connectivity index (χ1n) is 7.10. The number of hydrogen-bond acceptors (Lipinski definition) is 4. The number of carbonyl (C=O) groups is 2. The van der Waals surface area contributed by atoms with Gasteiger partial charge in [-0.2, -0.15) is 0 Å². The summed E-state index contributed by atoms with van der Waals surface area (Å²) in [6, 6.07) is -0.627. The number of urea groups is 1. The molecule has 1 heterocycles. The predicted octanol–water partition coefficient (Wildman–Crippen LogP) is 0.260. The molecule has 0 spiro atoms. The summed E-state index contributed by atoms with van der Waals surface area (Å²) in [6.45, 7) is 7.78. The SMILES string of the molecule is CCC(CC(=O)O)NC(=O)NC(C)CN1CCOCC1. The molecule has 0 saturated carbocycles. The Hall–Kier alpha value is -1.34. The minimum Gasteiger partial charge on any atom is -0.481 e. The molecule has 1 aliphatic rings. The van der Waals surface area contributed by atoms with E-state index in [1.165, 1.54) is 0 Å². The van der Waals surface area contributed by atoms with E-state index < -0.39 is 5.97 Å². The highest BCUT2D eigenvalue weighted by atomic mass is 16.5. The molecule has 7 nitrogen and oxygen atoms in total. The number of carboxylic acid groups (broad SMARTS) is 1. The van der Waals surface area contributed by atoms with Gasteiger partial charge in [0.2, 0.25) is 0 Å². The van der Waals surface area contributed by atoms with Gasteiger partial charge in [0, 0.05) is 31.7 Å². The van der Waals surface area contributed by atoms with Gasteiger partial charge in [0.25, 0.3) is 0 Å². The lowest BCUT2D eigenvalue weighted by Gasteiger charge is -2.29. The zero-order valence-corrected chi connectivity index (χ0v) is 12.2. The fraction of sp³-hybridized carbons (Fsp3) is 0.846. The van der Waals surface area contributed by atoms with Crippen LogP contribution in [0.4, 0.5) is 4.79 Å². The normalized spacial score (nSPS) is 19.1. The maximum absolute atomic E-state index is 11.8. The van der Waals surface area contributed by atoms with Crippen molar-refractivity contribution in [1.82, 2.24) is 15.5 Å². The Morgan fingerprint density at radius 3 is 2.50 bits per heavy atom. The number of morpholine rings is 1. The van der Waals surface area contributed by atoms with Gasteiger partial charge in [-0.15, -0.1) is 0 Å². The van der Waals surface area contributed by atoms with E-state index in [0.717, 1.165) is 32.8 Å². The highest BCUT2D eigenvalue weighted by molar-refractivity contribution is 5.75. The number of nitrogens with zero attached hydrogens (tertiary/aromatic N) is 1. The van der Waals surface area contributed by atoms with Crippen LogP contribution in [0.1, 0.15) is 26.7 Å². The van der Waals surface area contributed by atoms with E-state index in [1.54, 1.807) is 0 Å². The average Bonchev–Trinajstić information content (AvgIpc) is 2.38. The van der Waals surface area contributed by atoms with Crippen LogP contribution in [-0.2, 0) is 9.53 Å². The molecule has 7 heteroatoms. The van der Waals surface area contributed by atoms with Crippen molar-refractivity contribution in [2.75, 3.05) is 32.8 Å². The lowest BCUT2D eigenvalue weighted by molar-refractivity contribution is -0.137. The standard InChI is InChI=1S/C13H25N3O4/c1-3-11(8-12(17)18)15-13(19)14-10(2)9-16-4-6-20-7-5-16/h10-11H,3-9H2,1-2H3,(H,17,18)(H2,14,15,19). The summed E-state index contributed by atoms with van der Waals surface area (Å²) >= 11 is 0. The van der Waals surface area contributed by atoms with Gasteiger partial charge in [0.05, 0.1) is 19.6 Å². The van der Waals surface area contributed by atoms with Crippen molar-refractivity contribution in [1.29, 1.82) is 0 Å². The maximum atomic E-state index is 11.8. The molecule has 0 aromatic rings. The second-order valence-electron chi connectivity index (χ2n) is 5.13. The third kappa shape index (κ3) is 6.72. The van der Waals surface area contributed by atoms with Crippen molar-refractivity contribution >= 4 is 12.0 Å². The van der Waals surface area contributed by atoms with Crippen LogP contribution >= 0.6 is 0 Å². The molecule has 0 bridgehead atoms. The highest BCUT2D eigenvalue weighted by Gasteiger charge is 2.17. The summed E-state index contributed by atoms with van der Waals surface area (Å²) < 4.78 is 5.27. The second kappa shape index (κ2) is 8.76. The van der Waals surface area contributed by atoms with Gasteiger partial charge in [-0.3, -0.25) is 9.69 Å². The Kier molecular flexibility index (Phi) is 7.32. The molecule has 0 aliphatic carbocycles. The van der Waals surface area contributed by atoms with E-state index in [-0.39, 0.29) is 24.5 Å². The van der Waals surface area contributed by atoms with E-state index >= 15 is 0 Å². The fourth-order valence-electron chi connectivity index (χ4n) is 2.18. The van der Waals surface area contributed by atoms with Gasteiger partial charge < -0.3 is 20.5 Å². The van der Waals surface area contributed by atoms with Gasteiger partial charge in [0.15, 0.2) is 0 Å². The smallest absolute Gasteiger partial charge is 0.315 e. The molecule has 0 radical (unpaired) electrons. The second-order valence-corrected chi connectivity index (χ2v) is 5.13. The summed E-state index contributed by atoms with van der Waals surface area (Å²) in [5, 5.41) is 14.3. The molecular weight excluding hydrogens is 262 g/mol. The molecule has 1 saturated heterocycles. The van der Waals surface area contributed by atoms with Crippen LogP contribution in [0.3, 0.4) is 0 Å². The Bertz CT molecular complexity index is 319. The monoisotopic (exact) mass is 287 g/mol. The minimum absolute atomic E-state index is 0.00966. The van der Waals surface area contributed by atoms with Crippen LogP contribution in [-0.4, -0.2) is 66.9 Å². The number of hydrogen-bond donors (Lipinski definition) is 3. The Morgan fingerprint density at radius 1 is 1.30 bits per heavy atom. The molecule has 2 atom stereocenters. The lowest BCUT2D eigenvalue weighted by atomic mass is 10.1. The number of amides is 2. The Labute approximate surface area is 119 Å². The average molecular weight is 287 g/mol. The predicted molar refractivity (Wildman–Crippen MR) is 74.7 cm³/mol. The molecule has 0 aromatic carbocycles. The molecule has 3 N–H and O–H groups in total. The molecule has 1 rings (SSSR count). The van der Waals surface area contributed by atoms with Crippen LogP contribution in [0, 0.1) is 0 Å². The van der Waals surface area contributed by atoms with Crippen LogP contribution in [0.25, 0.3) is 0 Å². The van der Waals surface area contributed by atoms with Crippen molar-refractivity contribution in [3.8, 4) is 0 Å². The van der Waals surface area contributed by atoms with Gasteiger partial charge in [-0.1, -0.05) is 6.92 Å². The summed E-state index contributed by atoms with van der Waals surface area (Å²) in [4.78, 5) is 24.7. The van der Waals surface area contributed by atoms with Crippen molar-refractivity contribution in [2.24, 2.45) is 0 Å². The van der Waals surface area contributed by atoms with E-state index in [1.807, 2.05) is 13.8 Å². The fourth-order valence-corrected chi connectivity index (χ4v) is 2.18. The molecule has 1 fully saturated rings. The summed E-state index contributed by atoms with van der Waals surface area (Å²) in [5.41, 5.74) is 0. The van der Waals surface area contributed by atoms with Crippen molar-refractivity contribution in [2.45, 2.75) is 38.8 Å². The van der Waals surface area contributed by atoms with Crippen molar-refractivity contribution in [3.63, 3.8) is 0 Å². The Morgan fingerprint density at radius 2 is 1.95 bits per heavy atom. The Balaban J connectivity index is 2.27. The molecule has 2 unspecified atom stereocenters. The molecule has 20 heavy (non-hydrogen) atoms. The third-order valence-electron chi connectivity index (χ3n) is 3.26. The van der Waals surface area contributed by atoms with Crippen LogP contribution in [0.15, 0.2) is 0 Å². The largest absolute Gasteiger partial charge is 0.481 e. The topological polar surface area (TPSA) is 90.9 Å². The third-order valence-corrected chi connectivity index (χ3v) is 3.26. The van der Waals surface area contributed by atoms with Crippen LogP contribution < -0.4 is 10.6 Å². The highest BCUT2D eigenvalue weighted by Crippen LogP contribution is 2.00. The zero-order valence-electron chi connectivity index (χ0n) is 12.2. The minimum atomic E-state index is -0.904. The van der Waals surface area contributed by atoms with Crippen LogP contribution in [0.2, 0.25) is 0 Å². The molecular formula is C13H25N3O4. The van der Waals surface area contributed by atoms with E-state index in [2.05, 4.69) is 15.5 Å². The van der Waals surface area contributed by atoms with Crippen LogP contribution in [0.5, 0.6) is 0 Å². The van der Waals surface area contributed by atoms with Gasteiger partial charge in [0.1, 0.15) is 0 Å². The number of nitrogens with one attached hydrogen (secondary N) is 2.